The van der Waals surface area contributed by atoms with Crippen molar-refractivity contribution in [3.63, 3.8) is 0 Å². The largest absolute Gasteiger partial charge is 0.339 e. The van der Waals surface area contributed by atoms with Gasteiger partial charge in [0.1, 0.15) is 11.7 Å². The van der Waals surface area contributed by atoms with Crippen LogP contribution in [0.5, 0.6) is 0 Å². The van der Waals surface area contributed by atoms with E-state index in [-0.39, 0.29) is 18.2 Å². The molecule has 1 aliphatic rings. The van der Waals surface area contributed by atoms with Gasteiger partial charge in [-0.25, -0.2) is 4.98 Å². The Hall–Kier alpha value is -1.76. The van der Waals surface area contributed by atoms with Gasteiger partial charge in [0.2, 0.25) is 11.8 Å². The fraction of sp³-hybridized carbons (Fsp3) is 0.400. The summed E-state index contributed by atoms with van der Waals surface area (Å²) in [6, 6.07) is -0.652. The first kappa shape index (κ1) is 11.7. The lowest BCUT2D eigenvalue weighted by Crippen LogP contribution is -2.52. The highest BCUT2D eigenvalue weighted by Gasteiger charge is 2.28. The first-order chi connectivity index (χ1) is 8.08. The van der Waals surface area contributed by atoms with E-state index in [0.29, 0.717) is 12.1 Å². The number of hydrogen-bond acceptors (Lipinski definition) is 5. The number of carbonyl (C=O) groups excluding carboxylic acids is 3. The van der Waals surface area contributed by atoms with Crippen LogP contribution in [0.1, 0.15) is 28.2 Å². The summed E-state index contributed by atoms with van der Waals surface area (Å²) in [7, 11) is 0. The quantitative estimate of drug-likeness (QED) is 0.725. The number of imide groups is 1. The first-order valence-electron chi connectivity index (χ1n) is 5.12. The predicted octanol–water partition coefficient (Wildman–Crippen LogP) is -0.0135. The van der Waals surface area contributed by atoms with Gasteiger partial charge in [0.05, 0.1) is 5.51 Å². The third kappa shape index (κ3) is 2.50. The van der Waals surface area contributed by atoms with Crippen molar-refractivity contribution < 1.29 is 14.4 Å². The summed E-state index contributed by atoms with van der Waals surface area (Å²) in [6.07, 6.45) is 0.576. The normalized spacial score (nSPS) is 19.9. The van der Waals surface area contributed by atoms with Crippen LogP contribution in [0.2, 0.25) is 0 Å². The summed E-state index contributed by atoms with van der Waals surface area (Å²) >= 11 is 1.37. The number of nitrogens with zero attached hydrogens (tertiary/aromatic N) is 1. The van der Waals surface area contributed by atoms with Crippen LogP contribution in [0.4, 0.5) is 0 Å². The Morgan fingerprint density at radius 1 is 1.59 bits per heavy atom. The molecule has 1 fully saturated rings. The van der Waals surface area contributed by atoms with Crippen LogP contribution in [-0.4, -0.2) is 28.7 Å². The number of thiazole rings is 1. The molecule has 2 heterocycles. The molecular formula is C10H11N3O3S. The topological polar surface area (TPSA) is 88.2 Å². The molecule has 0 aliphatic carbocycles. The fourth-order valence-corrected chi connectivity index (χ4v) is 2.15. The summed E-state index contributed by atoms with van der Waals surface area (Å²) in [6.45, 7) is 1.79. The van der Waals surface area contributed by atoms with E-state index in [2.05, 4.69) is 15.6 Å². The Kier molecular flexibility index (Phi) is 3.19. The Bertz CT molecular complexity index is 483. The summed E-state index contributed by atoms with van der Waals surface area (Å²) in [5, 5.41) is 4.76. The first-order valence-corrected chi connectivity index (χ1v) is 6.00. The number of rotatable bonds is 2. The molecule has 1 aliphatic heterocycles. The molecule has 3 amide bonds. The molecule has 0 spiro atoms. The SMILES string of the molecule is Cc1scnc1C(=O)NC1CCC(=O)NC1=O. The third-order valence-corrected chi connectivity index (χ3v) is 3.26. The lowest BCUT2D eigenvalue weighted by Gasteiger charge is -2.21. The van der Waals surface area contributed by atoms with Gasteiger partial charge in [-0.2, -0.15) is 0 Å². The van der Waals surface area contributed by atoms with E-state index in [9.17, 15) is 14.4 Å². The fourth-order valence-electron chi connectivity index (χ4n) is 1.58. The van der Waals surface area contributed by atoms with E-state index in [1.54, 1.807) is 12.4 Å². The molecule has 1 aromatic rings. The van der Waals surface area contributed by atoms with E-state index in [4.69, 9.17) is 0 Å². The van der Waals surface area contributed by atoms with E-state index < -0.39 is 11.9 Å². The highest BCUT2D eigenvalue weighted by Crippen LogP contribution is 2.12. The Morgan fingerprint density at radius 2 is 2.35 bits per heavy atom. The molecule has 0 bridgehead atoms. The summed E-state index contributed by atoms with van der Waals surface area (Å²) in [5.74, 6) is -1.13. The van der Waals surface area contributed by atoms with Crippen molar-refractivity contribution in [2.24, 2.45) is 0 Å². The molecule has 0 radical (unpaired) electrons. The lowest BCUT2D eigenvalue weighted by molar-refractivity contribution is -0.134. The Morgan fingerprint density at radius 3 is 2.94 bits per heavy atom. The molecule has 0 aromatic carbocycles. The van der Waals surface area contributed by atoms with Crippen molar-refractivity contribution in [3.05, 3.63) is 16.1 Å². The smallest absolute Gasteiger partial charge is 0.271 e. The van der Waals surface area contributed by atoms with Crippen LogP contribution in [0.25, 0.3) is 0 Å². The second kappa shape index (κ2) is 4.62. The molecule has 1 aromatic heterocycles. The maximum atomic E-state index is 11.8. The van der Waals surface area contributed by atoms with Crippen LogP contribution < -0.4 is 10.6 Å². The van der Waals surface area contributed by atoms with Crippen LogP contribution in [0.15, 0.2) is 5.51 Å². The number of piperidine rings is 1. The average molecular weight is 253 g/mol. The zero-order valence-electron chi connectivity index (χ0n) is 9.15. The van der Waals surface area contributed by atoms with Gasteiger partial charge in [-0.15, -0.1) is 11.3 Å². The van der Waals surface area contributed by atoms with Gasteiger partial charge in [0.15, 0.2) is 0 Å². The maximum Gasteiger partial charge on any atom is 0.271 e. The van der Waals surface area contributed by atoms with Crippen LogP contribution in [0, 0.1) is 6.92 Å². The summed E-state index contributed by atoms with van der Waals surface area (Å²) in [4.78, 5) is 38.9. The van der Waals surface area contributed by atoms with Gasteiger partial charge >= 0.3 is 0 Å². The second-order valence-electron chi connectivity index (χ2n) is 3.73. The molecule has 1 atom stereocenters. The summed E-state index contributed by atoms with van der Waals surface area (Å²) in [5.41, 5.74) is 1.91. The number of aryl methyl sites for hydroxylation is 1. The number of aromatic nitrogens is 1. The van der Waals surface area contributed by atoms with Crippen molar-refractivity contribution in [1.82, 2.24) is 15.6 Å². The van der Waals surface area contributed by atoms with Gasteiger partial charge in [0, 0.05) is 11.3 Å². The van der Waals surface area contributed by atoms with E-state index in [0.717, 1.165) is 4.88 Å². The van der Waals surface area contributed by atoms with Crippen molar-refractivity contribution in [2.75, 3.05) is 0 Å². The van der Waals surface area contributed by atoms with Crippen LogP contribution >= 0.6 is 11.3 Å². The van der Waals surface area contributed by atoms with Crippen molar-refractivity contribution in [3.8, 4) is 0 Å². The average Bonchev–Trinajstić information content (AvgIpc) is 2.68. The number of hydrogen-bond donors (Lipinski definition) is 2. The molecule has 6 nitrogen and oxygen atoms in total. The van der Waals surface area contributed by atoms with E-state index in [1.165, 1.54) is 11.3 Å². The highest BCUT2D eigenvalue weighted by atomic mass is 32.1. The zero-order valence-corrected chi connectivity index (χ0v) is 9.97. The standard InChI is InChI=1S/C10H11N3O3S/c1-5-8(11-4-17-5)10(16)12-6-2-3-7(14)13-9(6)15/h4,6H,2-3H2,1H3,(H,12,16)(H,13,14,15). The third-order valence-electron chi connectivity index (χ3n) is 2.50. The molecule has 90 valence electrons. The van der Waals surface area contributed by atoms with Crippen LogP contribution in [0.3, 0.4) is 0 Å². The van der Waals surface area contributed by atoms with Crippen molar-refractivity contribution in [2.45, 2.75) is 25.8 Å². The summed E-state index contributed by atoms with van der Waals surface area (Å²) < 4.78 is 0. The van der Waals surface area contributed by atoms with Crippen LogP contribution in [-0.2, 0) is 9.59 Å². The lowest BCUT2D eigenvalue weighted by atomic mass is 10.1. The van der Waals surface area contributed by atoms with E-state index >= 15 is 0 Å². The van der Waals surface area contributed by atoms with E-state index in [1.807, 2.05) is 0 Å². The minimum absolute atomic E-state index is 0.243. The molecule has 1 saturated heterocycles. The molecule has 2 N–H and O–H groups in total. The Balaban J connectivity index is 2.02. The van der Waals surface area contributed by atoms with Gasteiger partial charge in [-0.3, -0.25) is 19.7 Å². The predicted molar refractivity (Wildman–Crippen MR) is 60.5 cm³/mol. The minimum atomic E-state index is -0.652. The van der Waals surface area contributed by atoms with Crippen molar-refractivity contribution in [1.29, 1.82) is 0 Å². The maximum absolute atomic E-state index is 11.8. The number of nitrogens with one attached hydrogen (secondary N) is 2. The zero-order chi connectivity index (χ0) is 12.4. The molecule has 2 rings (SSSR count). The highest BCUT2D eigenvalue weighted by molar-refractivity contribution is 7.09. The van der Waals surface area contributed by atoms with Gasteiger partial charge in [0.25, 0.3) is 5.91 Å². The molecule has 1 unspecified atom stereocenters. The molecule has 17 heavy (non-hydrogen) atoms. The van der Waals surface area contributed by atoms with Gasteiger partial charge in [-0.1, -0.05) is 0 Å². The number of amides is 3. The number of carbonyl (C=O) groups is 3. The molecular weight excluding hydrogens is 242 g/mol. The van der Waals surface area contributed by atoms with Gasteiger partial charge in [-0.05, 0) is 13.3 Å². The monoisotopic (exact) mass is 253 g/mol. The second-order valence-corrected chi connectivity index (χ2v) is 4.79. The van der Waals surface area contributed by atoms with Crippen molar-refractivity contribution >= 4 is 29.1 Å². The Labute approximate surface area is 101 Å². The van der Waals surface area contributed by atoms with Gasteiger partial charge < -0.3 is 5.32 Å². The minimum Gasteiger partial charge on any atom is -0.339 e. The molecule has 7 heteroatoms. The molecule has 0 saturated carbocycles.